The highest BCUT2D eigenvalue weighted by molar-refractivity contribution is 7.87. The number of imidazole rings is 1. The maximum absolute atomic E-state index is 14.2. The number of ether oxygens (including phenoxy) is 1. The third kappa shape index (κ3) is 5.85. The zero-order chi connectivity index (χ0) is 26.0. The monoisotopic (exact) mass is 525 g/mol. The van der Waals surface area contributed by atoms with Crippen LogP contribution in [0.2, 0.25) is 0 Å². The molecule has 0 atom stereocenters. The van der Waals surface area contributed by atoms with E-state index in [2.05, 4.69) is 20.0 Å². The van der Waals surface area contributed by atoms with Crippen LogP contribution in [0, 0.1) is 5.82 Å². The summed E-state index contributed by atoms with van der Waals surface area (Å²) in [5.41, 5.74) is 1.35. The number of amides is 1. The highest BCUT2D eigenvalue weighted by Crippen LogP contribution is 2.30. The van der Waals surface area contributed by atoms with Crippen LogP contribution in [0.4, 0.5) is 15.8 Å². The largest absolute Gasteiger partial charge is 0.436 e. The predicted octanol–water partition coefficient (Wildman–Crippen LogP) is 2.67. The van der Waals surface area contributed by atoms with Crippen LogP contribution in [0.3, 0.4) is 0 Å². The number of rotatable bonds is 7. The molecular weight excluding hydrogens is 501 g/mol. The Morgan fingerprint density at radius 2 is 1.89 bits per heavy atom. The Morgan fingerprint density at radius 1 is 1.14 bits per heavy atom. The van der Waals surface area contributed by atoms with Crippen LogP contribution in [0.1, 0.15) is 23.3 Å². The molecule has 4 aromatic rings. The van der Waals surface area contributed by atoms with Crippen molar-refractivity contribution >= 4 is 33.1 Å². The summed E-state index contributed by atoms with van der Waals surface area (Å²) in [4.78, 5) is 23.8. The highest BCUT2D eigenvalue weighted by Gasteiger charge is 2.24. The third-order valence-electron chi connectivity index (χ3n) is 5.91. The first-order valence-corrected chi connectivity index (χ1v) is 13.0. The van der Waals surface area contributed by atoms with E-state index in [1.807, 2.05) is 23.1 Å². The number of fused-ring (bicyclic) bond motifs is 1. The van der Waals surface area contributed by atoms with Gasteiger partial charge in [0, 0.05) is 37.7 Å². The number of aromatic nitrogens is 3. The lowest BCUT2D eigenvalue weighted by Gasteiger charge is -2.34. The van der Waals surface area contributed by atoms with E-state index in [-0.39, 0.29) is 23.3 Å². The Hall–Kier alpha value is -4.07. The van der Waals surface area contributed by atoms with Gasteiger partial charge in [-0.3, -0.25) is 4.79 Å². The summed E-state index contributed by atoms with van der Waals surface area (Å²) in [6.07, 6.45) is 5.74. The van der Waals surface area contributed by atoms with Crippen LogP contribution < -0.4 is 24.8 Å². The number of piperidine rings is 1. The molecule has 13 heteroatoms. The van der Waals surface area contributed by atoms with E-state index in [0.29, 0.717) is 43.0 Å². The number of hydrogen-bond donors (Lipinski definition) is 3. The Kier molecular flexibility index (Phi) is 6.74. The minimum atomic E-state index is -3.80. The van der Waals surface area contributed by atoms with Gasteiger partial charge >= 0.3 is 0 Å². The molecule has 0 bridgehead atoms. The van der Waals surface area contributed by atoms with Crippen LogP contribution in [0.5, 0.6) is 11.6 Å². The van der Waals surface area contributed by atoms with Gasteiger partial charge in [0.1, 0.15) is 17.3 Å². The first-order valence-electron chi connectivity index (χ1n) is 11.5. The van der Waals surface area contributed by atoms with E-state index in [9.17, 15) is 17.6 Å². The molecule has 2 aromatic heterocycles. The second-order valence-electron chi connectivity index (χ2n) is 8.54. The van der Waals surface area contributed by atoms with Gasteiger partial charge in [0.05, 0.1) is 11.4 Å². The number of hydrogen-bond acceptors (Lipinski definition) is 7. The first-order chi connectivity index (χ1) is 17.7. The van der Waals surface area contributed by atoms with Gasteiger partial charge in [-0.05, 0) is 43.2 Å². The van der Waals surface area contributed by atoms with E-state index in [1.54, 1.807) is 35.0 Å². The maximum Gasteiger partial charge on any atom is 0.276 e. The fraction of sp³-hybridized carbons (Fsp3) is 0.208. The molecule has 1 aliphatic rings. The van der Waals surface area contributed by atoms with Crippen molar-refractivity contribution in [3.63, 3.8) is 0 Å². The number of carbonyl (C=O) groups is 1. The van der Waals surface area contributed by atoms with E-state index in [4.69, 9.17) is 9.88 Å². The van der Waals surface area contributed by atoms with Gasteiger partial charge in [0.15, 0.2) is 0 Å². The van der Waals surface area contributed by atoms with Crippen LogP contribution >= 0.6 is 0 Å². The molecule has 1 amide bonds. The minimum Gasteiger partial charge on any atom is -0.436 e. The van der Waals surface area contributed by atoms with E-state index >= 15 is 0 Å². The van der Waals surface area contributed by atoms with Gasteiger partial charge < -0.3 is 19.4 Å². The Labute approximate surface area is 212 Å². The molecule has 1 saturated heterocycles. The van der Waals surface area contributed by atoms with E-state index in [1.165, 1.54) is 18.3 Å². The van der Waals surface area contributed by atoms with Crippen molar-refractivity contribution in [3.05, 3.63) is 78.6 Å². The molecule has 4 N–H and O–H groups in total. The number of benzene rings is 2. The van der Waals surface area contributed by atoms with Crippen LogP contribution in [0.15, 0.2) is 67.1 Å². The van der Waals surface area contributed by atoms with Crippen molar-refractivity contribution in [1.29, 1.82) is 0 Å². The standard InChI is InChI=1S/C24H24FN7O4S/c25-16-6-7-21(31-11-8-17(9-12-31)30-37(26,34)35)19(14-16)28-23(33)20-15-32-13-10-27-22(32)24(29-20)36-18-4-2-1-3-5-18/h1-7,10,13-15,17,30H,8-9,11-12H2,(H,28,33)(H2,26,34,35). The molecule has 5 rings (SSSR count). The molecule has 0 saturated carbocycles. The smallest absolute Gasteiger partial charge is 0.276 e. The third-order valence-corrected chi connectivity index (χ3v) is 6.57. The number of nitrogens with two attached hydrogens (primary N) is 1. The Bertz CT molecular complexity index is 1540. The average molecular weight is 526 g/mol. The van der Waals surface area contributed by atoms with Crippen LogP contribution in [0.25, 0.3) is 5.65 Å². The van der Waals surface area contributed by atoms with Gasteiger partial charge in [-0.15, -0.1) is 0 Å². The molecule has 37 heavy (non-hydrogen) atoms. The number of halogens is 1. The number of nitrogens with one attached hydrogen (secondary N) is 2. The molecule has 1 fully saturated rings. The summed E-state index contributed by atoms with van der Waals surface area (Å²) in [5.74, 6) is -0.403. The molecule has 11 nitrogen and oxygen atoms in total. The van der Waals surface area contributed by atoms with Gasteiger partial charge in [-0.2, -0.15) is 13.1 Å². The summed E-state index contributed by atoms with van der Waals surface area (Å²) in [7, 11) is -3.80. The van der Waals surface area contributed by atoms with Crippen molar-refractivity contribution in [3.8, 4) is 11.6 Å². The number of carbonyl (C=O) groups excluding carboxylic acids is 1. The molecule has 2 aromatic carbocycles. The quantitative estimate of drug-likeness (QED) is 0.336. The molecule has 0 spiro atoms. The second-order valence-corrected chi connectivity index (χ2v) is 9.87. The molecule has 0 radical (unpaired) electrons. The van der Waals surface area contributed by atoms with Crippen molar-refractivity contribution < 1.29 is 22.3 Å². The zero-order valence-corrected chi connectivity index (χ0v) is 20.4. The second kappa shape index (κ2) is 10.1. The van der Waals surface area contributed by atoms with Gasteiger partial charge in [-0.1, -0.05) is 18.2 Å². The lowest BCUT2D eigenvalue weighted by atomic mass is 10.0. The zero-order valence-electron chi connectivity index (χ0n) is 19.5. The lowest BCUT2D eigenvalue weighted by molar-refractivity contribution is 0.102. The number of anilines is 2. The summed E-state index contributed by atoms with van der Waals surface area (Å²) in [5, 5.41) is 7.84. The molecule has 192 valence electrons. The van der Waals surface area contributed by atoms with Crippen molar-refractivity contribution in [2.24, 2.45) is 5.14 Å². The van der Waals surface area contributed by atoms with Gasteiger partial charge in [-0.25, -0.2) is 19.5 Å². The number of nitrogens with zero attached hydrogens (tertiary/aromatic N) is 4. The van der Waals surface area contributed by atoms with Gasteiger partial charge in [0.2, 0.25) is 5.65 Å². The predicted molar refractivity (Wildman–Crippen MR) is 135 cm³/mol. The van der Waals surface area contributed by atoms with Gasteiger partial charge in [0.25, 0.3) is 22.0 Å². The van der Waals surface area contributed by atoms with Crippen molar-refractivity contribution in [2.45, 2.75) is 18.9 Å². The lowest BCUT2D eigenvalue weighted by Crippen LogP contribution is -2.46. The summed E-state index contributed by atoms with van der Waals surface area (Å²) < 4.78 is 46.7. The summed E-state index contributed by atoms with van der Waals surface area (Å²) in [6, 6.07) is 12.8. The normalized spacial score (nSPS) is 14.6. The van der Waals surface area contributed by atoms with Crippen molar-refractivity contribution in [2.75, 3.05) is 23.3 Å². The first kappa shape index (κ1) is 24.6. The van der Waals surface area contributed by atoms with Crippen LogP contribution in [-0.2, 0) is 10.2 Å². The minimum absolute atomic E-state index is 0.0442. The van der Waals surface area contributed by atoms with E-state index in [0.717, 1.165) is 0 Å². The fourth-order valence-electron chi connectivity index (χ4n) is 4.22. The van der Waals surface area contributed by atoms with Crippen LogP contribution in [-0.4, -0.2) is 47.8 Å². The molecule has 0 unspecified atom stereocenters. The summed E-state index contributed by atoms with van der Waals surface area (Å²) >= 11 is 0. The van der Waals surface area contributed by atoms with E-state index < -0.39 is 21.9 Å². The van der Waals surface area contributed by atoms with Crippen molar-refractivity contribution in [1.82, 2.24) is 19.1 Å². The number of para-hydroxylation sites is 1. The SMILES string of the molecule is NS(=O)(=O)NC1CCN(c2ccc(F)cc2NC(=O)c2cn3ccnc3c(Oc3ccccc3)n2)CC1. The maximum atomic E-state index is 14.2. The average Bonchev–Trinajstić information content (AvgIpc) is 3.34. The Morgan fingerprint density at radius 3 is 2.62 bits per heavy atom. The summed E-state index contributed by atoms with van der Waals surface area (Å²) in [6.45, 7) is 0.964. The Balaban J connectivity index is 1.38. The fourth-order valence-corrected chi connectivity index (χ4v) is 4.92. The topological polar surface area (TPSA) is 144 Å². The molecule has 1 aliphatic heterocycles. The molecule has 0 aliphatic carbocycles. The molecular formula is C24H24FN7O4S. The highest BCUT2D eigenvalue weighted by atomic mass is 32.2. The molecule has 3 heterocycles.